The van der Waals surface area contributed by atoms with Gasteiger partial charge in [-0.05, 0) is 29.1 Å². The Kier molecular flexibility index (Phi) is 4.43. The van der Waals surface area contributed by atoms with Crippen LogP contribution in [0.25, 0.3) is 0 Å². The highest BCUT2D eigenvalue weighted by Gasteiger charge is 2.46. The highest BCUT2D eigenvalue weighted by molar-refractivity contribution is 9.10. The number of thiophene rings is 1. The molecule has 1 N–H and O–H groups in total. The molecule has 1 aromatic carbocycles. The number of amides is 1. The Labute approximate surface area is 164 Å². The van der Waals surface area contributed by atoms with Crippen LogP contribution < -0.4 is 4.90 Å². The Balaban J connectivity index is 1.88. The maximum atomic E-state index is 13.0. The fourth-order valence-corrected chi connectivity index (χ4v) is 4.33. The van der Waals surface area contributed by atoms with Crippen molar-refractivity contribution in [3.8, 4) is 0 Å². The minimum Gasteiger partial charge on any atom is -0.503 e. The highest BCUT2D eigenvalue weighted by atomic mass is 79.9. The number of aliphatic hydroxyl groups excluding tert-OH is 1. The minimum absolute atomic E-state index is 0.0509. The number of ketones is 1. The zero-order valence-corrected chi connectivity index (χ0v) is 16.2. The van der Waals surface area contributed by atoms with Crippen LogP contribution in [-0.2, 0) is 4.79 Å². The number of Topliss-reactive ketones (excluding diaryl/α,β-unsaturated/α-hetero) is 1. The van der Waals surface area contributed by atoms with Crippen LogP contribution in [0.5, 0.6) is 0 Å². The lowest BCUT2D eigenvalue weighted by atomic mass is 9.96. The van der Waals surface area contributed by atoms with Gasteiger partial charge in [0.1, 0.15) is 5.51 Å². The molecule has 0 saturated carbocycles. The molecule has 3 aromatic rings. The zero-order valence-electron chi connectivity index (χ0n) is 13.0. The first-order valence-electron chi connectivity index (χ1n) is 7.44. The molecule has 1 amide bonds. The van der Waals surface area contributed by atoms with Gasteiger partial charge in [0, 0.05) is 4.47 Å². The van der Waals surface area contributed by atoms with E-state index in [2.05, 4.69) is 26.1 Å². The van der Waals surface area contributed by atoms with E-state index >= 15 is 0 Å². The number of carbonyl (C=O) groups excluding carboxylic acids is 2. The molecule has 0 radical (unpaired) electrons. The van der Waals surface area contributed by atoms with E-state index in [1.807, 2.05) is 12.1 Å². The Bertz CT molecular complexity index is 999. The van der Waals surface area contributed by atoms with E-state index in [1.165, 1.54) is 33.1 Å². The SMILES string of the molecule is O=C(C1=C(O)C(=O)N(c2nncs2)C1c1ccc(Br)cc1)c1cccs1. The lowest BCUT2D eigenvalue weighted by molar-refractivity contribution is -0.117. The number of benzene rings is 1. The Morgan fingerprint density at radius 2 is 1.96 bits per heavy atom. The van der Waals surface area contributed by atoms with Gasteiger partial charge < -0.3 is 5.11 Å². The molecule has 26 heavy (non-hydrogen) atoms. The Morgan fingerprint density at radius 3 is 2.58 bits per heavy atom. The molecule has 6 nitrogen and oxygen atoms in total. The molecule has 0 saturated heterocycles. The average molecular weight is 448 g/mol. The summed E-state index contributed by atoms with van der Waals surface area (Å²) in [6, 6.07) is 9.90. The van der Waals surface area contributed by atoms with Crippen LogP contribution in [0, 0.1) is 0 Å². The molecule has 2 aromatic heterocycles. The van der Waals surface area contributed by atoms with Crippen molar-refractivity contribution in [2.75, 3.05) is 4.90 Å². The van der Waals surface area contributed by atoms with Gasteiger partial charge >= 0.3 is 0 Å². The number of aromatic nitrogens is 2. The molecule has 1 unspecified atom stereocenters. The second-order valence-electron chi connectivity index (χ2n) is 5.42. The summed E-state index contributed by atoms with van der Waals surface area (Å²) in [4.78, 5) is 27.5. The molecule has 9 heteroatoms. The van der Waals surface area contributed by atoms with E-state index in [0.717, 1.165) is 4.47 Å². The second-order valence-corrected chi connectivity index (χ2v) is 8.09. The molecule has 1 aliphatic heterocycles. The lowest BCUT2D eigenvalue weighted by Crippen LogP contribution is -2.31. The largest absolute Gasteiger partial charge is 0.503 e. The van der Waals surface area contributed by atoms with E-state index in [0.29, 0.717) is 15.6 Å². The van der Waals surface area contributed by atoms with Crippen molar-refractivity contribution in [2.24, 2.45) is 0 Å². The van der Waals surface area contributed by atoms with Crippen LogP contribution in [0.3, 0.4) is 0 Å². The Hall–Kier alpha value is -2.36. The average Bonchev–Trinajstić information content (AvgIpc) is 3.38. The van der Waals surface area contributed by atoms with Gasteiger partial charge in [-0.15, -0.1) is 21.5 Å². The number of nitrogens with zero attached hydrogens (tertiary/aromatic N) is 3. The number of rotatable bonds is 4. The van der Waals surface area contributed by atoms with Crippen molar-refractivity contribution >= 4 is 55.4 Å². The van der Waals surface area contributed by atoms with E-state index in [4.69, 9.17) is 0 Å². The van der Waals surface area contributed by atoms with Gasteiger partial charge in [0.25, 0.3) is 5.91 Å². The van der Waals surface area contributed by atoms with Crippen molar-refractivity contribution in [3.63, 3.8) is 0 Å². The first-order chi connectivity index (χ1) is 12.6. The quantitative estimate of drug-likeness (QED) is 0.607. The minimum atomic E-state index is -0.766. The summed E-state index contributed by atoms with van der Waals surface area (Å²) in [5.41, 5.74) is 2.24. The first kappa shape index (κ1) is 17.1. The van der Waals surface area contributed by atoms with Crippen LogP contribution in [0.4, 0.5) is 5.13 Å². The van der Waals surface area contributed by atoms with Crippen molar-refractivity contribution in [1.29, 1.82) is 0 Å². The first-order valence-corrected chi connectivity index (χ1v) is 9.99. The van der Waals surface area contributed by atoms with Gasteiger partial charge in [-0.1, -0.05) is 45.5 Å². The van der Waals surface area contributed by atoms with Crippen LogP contribution in [0.2, 0.25) is 0 Å². The summed E-state index contributed by atoms with van der Waals surface area (Å²) in [7, 11) is 0. The van der Waals surface area contributed by atoms with Gasteiger partial charge in [0.2, 0.25) is 10.9 Å². The summed E-state index contributed by atoms with van der Waals surface area (Å²) in [5.74, 6) is -1.58. The van der Waals surface area contributed by atoms with Gasteiger partial charge in [0.05, 0.1) is 16.5 Å². The van der Waals surface area contributed by atoms with Gasteiger partial charge in [-0.3, -0.25) is 14.5 Å². The summed E-state index contributed by atoms with van der Waals surface area (Å²) < 4.78 is 0.868. The summed E-state index contributed by atoms with van der Waals surface area (Å²) >= 11 is 5.81. The fraction of sp³-hybridized carbons (Fsp3) is 0.0588. The molecular weight excluding hydrogens is 438 g/mol. The molecule has 3 heterocycles. The number of hydrogen-bond donors (Lipinski definition) is 1. The summed E-state index contributed by atoms with van der Waals surface area (Å²) in [5, 5.41) is 20.3. The monoisotopic (exact) mass is 447 g/mol. The molecule has 0 fully saturated rings. The second kappa shape index (κ2) is 6.75. The van der Waals surface area contributed by atoms with Crippen molar-refractivity contribution in [2.45, 2.75) is 6.04 Å². The van der Waals surface area contributed by atoms with E-state index < -0.39 is 17.7 Å². The number of aliphatic hydroxyl groups is 1. The number of hydrogen-bond acceptors (Lipinski definition) is 7. The van der Waals surface area contributed by atoms with Gasteiger partial charge in [-0.2, -0.15) is 0 Å². The van der Waals surface area contributed by atoms with Gasteiger partial charge in [-0.25, -0.2) is 0 Å². The van der Waals surface area contributed by atoms with Gasteiger partial charge in [0.15, 0.2) is 5.76 Å². The maximum absolute atomic E-state index is 13.0. The number of halogens is 1. The van der Waals surface area contributed by atoms with Crippen molar-refractivity contribution < 1.29 is 14.7 Å². The fourth-order valence-electron chi connectivity index (χ4n) is 2.81. The van der Waals surface area contributed by atoms with Crippen LogP contribution >= 0.6 is 38.6 Å². The third kappa shape index (κ3) is 2.77. The molecular formula is C17H10BrN3O3S2. The predicted molar refractivity (Wildman–Crippen MR) is 103 cm³/mol. The molecule has 1 atom stereocenters. The molecule has 0 aliphatic carbocycles. The molecule has 130 valence electrons. The zero-order chi connectivity index (χ0) is 18.3. The normalized spacial score (nSPS) is 17.2. The highest BCUT2D eigenvalue weighted by Crippen LogP contribution is 2.42. The number of carbonyl (C=O) groups is 2. The summed E-state index contributed by atoms with van der Waals surface area (Å²) in [6.45, 7) is 0. The predicted octanol–water partition coefficient (Wildman–Crippen LogP) is 4.15. The van der Waals surface area contributed by atoms with Crippen molar-refractivity contribution in [1.82, 2.24) is 10.2 Å². The van der Waals surface area contributed by atoms with Crippen LogP contribution in [0.15, 0.2) is 63.1 Å². The summed E-state index contributed by atoms with van der Waals surface area (Å²) in [6.07, 6.45) is 0. The molecule has 4 rings (SSSR count). The molecule has 0 bridgehead atoms. The third-order valence-corrected chi connectivity index (χ3v) is 6.02. The topological polar surface area (TPSA) is 83.4 Å². The molecule has 0 spiro atoms. The van der Waals surface area contributed by atoms with Crippen molar-refractivity contribution in [3.05, 3.63) is 73.5 Å². The molecule has 1 aliphatic rings. The lowest BCUT2D eigenvalue weighted by Gasteiger charge is -2.24. The van der Waals surface area contributed by atoms with E-state index in [9.17, 15) is 14.7 Å². The number of anilines is 1. The smallest absolute Gasteiger partial charge is 0.296 e. The van der Waals surface area contributed by atoms with Crippen LogP contribution in [-0.4, -0.2) is 27.0 Å². The van der Waals surface area contributed by atoms with E-state index in [1.54, 1.807) is 29.6 Å². The maximum Gasteiger partial charge on any atom is 0.296 e. The van der Waals surface area contributed by atoms with E-state index in [-0.39, 0.29) is 11.4 Å². The standard InChI is InChI=1S/C17H10BrN3O3S2/c18-10-5-3-9(4-6-10)13-12(14(22)11-2-1-7-25-11)15(23)16(24)21(13)17-20-19-8-26-17/h1-8,13,23H. The third-order valence-electron chi connectivity index (χ3n) is 3.94. The van der Waals surface area contributed by atoms with Crippen LogP contribution in [0.1, 0.15) is 21.3 Å². The Morgan fingerprint density at radius 1 is 1.19 bits per heavy atom.